The zero-order valence-electron chi connectivity index (χ0n) is 23.2. The number of likely N-dealkylation sites (tertiary alicyclic amines) is 1. The van der Waals surface area contributed by atoms with Crippen LogP contribution in [0.2, 0.25) is 5.02 Å². The van der Waals surface area contributed by atoms with Crippen LogP contribution in [0.1, 0.15) is 43.2 Å². The maximum absolute atomic E-state index is 13.9. The molecule has 3 heterocycles. The number of hydrogen-bond donors (Lipinski definition) is 4. The molecule has 224 valence electrons. The van der Waals surface area contributed by atoms with Crippen LogP contribution in [-0.4, -0.2) is 74.2 Å². The first kappa shape index (κ1) is 31.2. The fourth-order valence-corrected chi connectivity index (χ4v) is 6.18. The highest BCUT2D eigenvalue weighted by molar-refractivity contribution is 7.88. The molecule has 1 aromatic heterocycles. The Balaban J connectivity index is 1.48. The third kappa shape index (κ3) is 9.64. The van der Waals surface area contributed by atoms with Crippen LogP contribution in [0.25, 0.3) is 0 Å². The summed E-state index contributed by atoms with van der Waals surface area (Å²) >= 11 is 5.99. The lowest BCUT2D eigenvalue weighted by Gasteiger charge is -2.29. The lowest BCUT2D eigenvalue weighted by Crippen LogP contribution is -2.53. The molecular formula is C28H39ClN6O5S. The molecule has 0 saturated carbocycles. The second-order valence-electron chi connectivity index (χ2n) is 10.8. The smallest absolute Gasteiger partial charge is 0.243 e. The van der Waals surface area contributed by atoms with E-state index in [1.807, 2.05) is 12.1 Å². The minimum atomic E-state index is -3.67. The van der Waals surface area contributed by atoms with Crippen LogP contribution in [0, 0.1) is 5.92 Å². The van der Waals surface area contributed by atoms with Gasteiger partial charge in [0.2, 0.25) is 21.8 Å². The van der Waals surface area contributed by atoms with Crippen molar-refractivity contribution >= 4 is 39.3 Å². The standard InChI is InChI=1S/C28H39ClN6O5S/c1-41(38,39)34-24(8-4-19-10-12-31-13-11-19)28(37)35-17-23(40-18-20-2-6-22(29)7-3-20)14-25(35)27(36)33-16-21-5-9-26(30)32-15-21/h2-3,5-7,9,15,19,23-25,31,34H,4,8,10-14,16-18H2,1H3,(H2,30,32)(H,33,36)/t23-,24-,25+/m1/s1. The van der Waals surface area contributed by atoms with Crippen molar-refractivity contribution in [2.75, 3.05) is 31.6 Å². The first-order chi connectivity index (χ1) is 19.6. The molecule has 1 aromatic carbocycles. The number of ether oxygens (including phenoxy) is 1. The van der Waals surface area contributed by atoms with Crippen molar-refractivity contribution in [1.29, 1.82) is 0 Å². The summed E-state index contributed by atoms with van der Waals surface area (Å²) in [4.78, 5) is 32.8. The van der Waals surface area contributed by atoms with E-state index in [9.17, 15) is 18.0 Å². The van der Waals surface area contributed by atoms with Gasteiger partial charge in [-0.1, -0.05) is 29.8 Å². The number of nitrogen functional groups attached to an aromatic ring is 1. The number of rotatable bonds is 12. The van der Waals surface area contributed by atoms with Crippen LogP contribution in [-0.2, 0) is 37.5 Å². The van der Waals surface area contributed by atoms with Gasteiger partial charge in [-0.2, -0.15) is 0 Å². The molecule has 13 heteroatoms. The van der Waals surface area contributed by atoms with Gasteiger partial charge in [-0.15, -0.1) is 0 Å². The number of halogens is 1. The van der Waals surface area contributed by atoms with Gasteiger partial charge in [-0.25, -0.2) is 18.1 Å². The van der Waals surface area contributed by atoms with Crippen molar-refractivity contribution in [2.24, 2.45) is 5.92 Å². The fourth-order valence-electron chi connectivity index (χ4n) is 5.32. The molecule has 2 amide bonds. The number of carbonyl (C=O) groups is 2. The Labute approximate surface area is 246 Å². The van der Waals surface area contributed by atoms with Crippen LogP contribution in [0.4, 0.5) is 5.82 Å². The summed E-state index contributed by atoms with van der Waals surface area (Å²) in [6.07, 6.45) is 5.53. The molecule has 2 aromatic rings. The average molecular weight is 607 g/mol. The molecule has 2 aliphatic heterocycles. The van der Waals surface area contributed by atoms with Gasteiger partial charge in [0.15, 0.2) is 0 Å². The Kier molecular flexibility index (Phi) is 11.0. The van der Waals surface area contributed by atoms with E-state index in [2.05, 4.69) is 20.3 Å². The quantitative estimate of drug-likeness (QED) is 0.285. The Bertz CT molecular complexity index is 1270. The van der Waals surface area contributed by atoms with E-state index in [0.717, 1.165) is 43.3 Å². The van der Waals surface area contributed by atoms with Crippen LogP contribution in [0.5, 0.6) is 0 Å². The normalized spacial score (nSPS) is 20.6. The maximum Gasteiger partial charge on any atom is 0.243 e. The highest BCUT2D eigenvalue weighted by Gasteiger charge is 2.42. The molecule has 3 atom stereocenters. The number of hydrogen-bond acceptors (Lipinski definition) is 8. The summed E-state index contributed by atoms with van der Waals surface area (Å²) < 4.78 is 33.1. The molecular weight excluding hydrogens is 568 g/mol. The van der Waals surface area contributed by atoms with Crippen LogP contribution < -0.4 is 21.1 Å². The molecule has 0 aliphatic carbocycles. The van der Waals surface area contributed by atoms with Crippen molar-refractivity contribution in [3.8, 4) is 0 Å². The van der Waals surface area contributed by atoms with Crippen molar-refractivity contribution < 1.29 is 22.7 Å². The van der Waals surface area contributed by atoms with E-state index in [4.69, 9.17) is 22.1 Å². The van der Waals surface area contributed by atoms with Crippen molar-refractivity contribution in [2.45, 2.75) is 63.4 Å². The van der Waals surface area contributed by atoms with Gasteiger partial charge in [-0.3, -0.25) is 9.59 Å². The molecule has 0 bridgehead atoms. The summed E-state index contributed by atoms with van der Waals surface area (Å²) in [6.45, 7) is 2.49. The number of amides is 2. The predicted molar refractivity (Wildman–Crippen MR) is 157 cm³/mol. The molecule has 0 spiro atoms. The topological polar surface area (TPSA) is 156 Å². The van der Waals surface area contributed by atoms with Gasteiger partial charge in [0.05, 0.1) is 19.0 Å². The van der Waals surface area contributed by atoms with Crippen molar-refractivity contribution in [3.63, 3.8) is 0 Å². The minimum absolute atomic E-state index is 0.170. The van der Waals surface area contributed by atoms with Gasteiger partial charge in [0.1, 0.15) is 17.9 Å². The SMILES string of the molecule is CS(=O)(=O)N[C@H](CCC1CCNCC1)C(=O)N1C[C@H](OCc2ccc(Cl)cc2)C[C@H]1C(=O)NCc1ccc(N)nc1. The third-order valence-corrected chi connectivity index (χ3v) is 8.50. The largest absolute Gasteiger partial charge is 0.384 e. The first-order valence-corrected chi connectivity index (χ1v) is 16.2. The highest BCUT2D eigenvalue weighted by atomic mass is 35.5. The molecule has 0 radical (unpaired) electrons. The lowest BCUT2D eigenvalue weighted by atomic mass is 9.91. The van der Waals surface area contributed by atoms with Crippen LogP contribution in [0.15, 0.2) is 42.6 Å². The third-order valence-electron chi connectivity index (χ3n) is 7.54. The maximum atomic E-state index is 13.9. The van der Waals surface area contributed by atoms with Gasteiger partial charge in [0, 0.05) is 30.7 Å². The molecule has 11 nitrogen and oxygen atoms in total. The number of nitrogens with zero attached hydrogens (tertiary/aromatic N) is 2. The van der Waals surface area contributed by atoms with E-state index in [1.165, 1.54) is 4.90 Å². The van der Waals surface area contributed by atoms with E-state index < -0.39 is 34.1 Å². The fraction of sp³-hybridized carbons (Fsp3) is 0.536. The van der Waals surface area contributed by atoms with E-state index >= 15 is 0 Å². The van der Waals surface area contributed by atoms with Gasteiger partial charge >= 0.3 is 0 Å². The highest BCUT2D eigenvalue weighted by Crippen LogP contribution is 2.26. The zero-order chi connectivity index (χ0) is 29.4. The molecule has 0 unspecified atom stereocenters. The number of nitrogens with two attached hydrogens (primary N) is 1. The first-order valence-electron chi connectivity index (χ1n) is 13.9. The van der Waals surface area contributed by atoms with Gasteiger partial charge in [-0.05, 0) is 74.0 Å². The Morgan fingerprint density at radius 1 is 1.17 bits per heavy atom. The molecule has 4 rings (SSSR count). The van der Waals surface area contributed by atoms with Crippen LogP contribution in [0.3, 0.4) is 0 Å². The van der Waals surface area contributed by atoms with Crippen molar-refractivity contribution in [3.05, 3.63) is 58.7 Å². The average Bonchev–Trinajstić information content (AvgIpc) is 3.38. The number of aromatic nitrogens is 1. The number of pyridine rings is 1. The van der Waals surface area contributed by atoms with Gasteiger partial charge < -0.3 is 26.0 Å². The number of nitrogens with one attached hydrogen (secondary N) is 3. The second kappa shape index (κ2) is 14.4. The summed E-state index contributed by atoms with van der Waals surface area (Å²) in [5.74, 6) is 0.0252. The van der Waals surface area contributed by atoms with E-state index in [1.54, 1.807) is 30.5 Å². The Morgan fingerprint density at radius 2 is 1.88 bits per heavy atom. The van der Waals surface area contributed by atoms with E-state index in [0.29, 0.717) is 29.6 Å². The second-order valence-corrected chi connectivity index (χ2v) is 13.0. The molecule has 41 heavy (non-hydrogen) atoms. The minimum Gasteiger partial charge on any atom is -0.384 e. The summed E-state index contributed by atoms with van der Waals surface area (Å²) in [6, 6.07) is 8.90. The number of anilines is 1. The Morgan fingerprint density at radius 3 is 2.54 bits per heavy atom. The zero-order valence-corrected chi connectivity index (χ0v) is 24.8. The summed E-state index contributed by atoms with van der Waals surface area (Å²) in [7, 11) is -3.67. The molecule has 2 saturated heterocycles. The predicted octanol–water partition coefficient (Wildman–Crippen LogP) is 1.82. The number of piperidine rings is 1. The van der Waals surface area contributed by atoms with E-state index in [-0.39, 0.29) is 32.0 Å². The number of sulfonamides is 1. The molecule has 2 aliphatic rings. The number of benzene rings is 1. The van der Waals surface area contributed by atoms with Gasteiger partial charge in [0.25, 0.3) is 0 Å². The summed E-state index contributed by atoms with van der Waals surface area (Å²) in [5.41, 5.74) is 7.33. The summed E-state index contributed by atoms with van der Waals surface area (Å²) in [5, 5.41) is 6.83. The lowest BCUT2D eigenvalue weighted by molar-refractivity contribution is -0.140. The van der Waals surface area contributed by atoms with Crippen LogP contribution >= 0.6 is 11.6 Å². The Hall–Kier alpha value is -2.77. The number of carbonyl (C=O) groups excluding carboxylic acids is 2. The monoisotopic (exact) mass is 606 g/mol. The molecule has 5 N–H and O–H groups in total. The van der Waals surface area contributed by atoms with Crippen molar-refractivity contribution in [1.82, 2.24) is 25.2 Å². The molecule has 2 fully saturated rings.